The van der Waals surface area contributed by atoms with Crippen molar-refractivity contribution in [2.75, 3.05) is 52.4 Å². The Morgan fingerprint density at radius 2 is 1.52 bits per heavy atom. The monoisotopic (exact) mass is 353 g/mol. The summed E-state index contributed by atoms with van der Waals surface area (Å²) in [5.41, 5.74) is 0. The summed E-state index contributed by atoms with van der Waals surface area (Å²) < 4.78 is 5.67. The molecule has 0 N–H and O–H groups in total. The molecule has 144 valence electrons. The summed E-state index contributed by atoms with van der Waals surface area (Å²) in [6, 6.07) is 0. The number of ether oxygens (including phenoxy) is 1. The molecule has 2 saturated heterocycles. The van der Waals surface area contributed by atoms with Crippen molar-refractivity contribution in [3.63, 3.8) is 0 Å². The summed E-state index contributed by atoms with van der Waals surface area (Å²) in [6.07, 6.45) is 4.09. The van der Waals surface area contributed by atoms with Gasteiger partial charge in [0.15, 0.2) is 0 Å². The van der Waals surface area contributed by atoms with Crippen LogP contribution in [0.3, 0.4) is 0 Å². The van der Waals surface area contributed by atoms with Crippen molar-refractivity contribution in [2.45, 2.75) is 52.6 Å². The van der Waals surface area contributed by atoms with E-state index in [-0.39, 0.29) is 17.9 Å². The fraction of sp³-hybridized carbons (Fsp3) is 0.895. The van der Waals surface area contributed by atoms with Crippen LogP contribution in [-0.4, -0.2) is 85.0 Å². The quantitative estimate of drug-likeness (QED) is 0.698. The SMILES string of the molecule is CC(C)CCOC(C)C(=O)N1CCN(CC(=O)N2CCCCC2)CC1. The number of piperazine rings is 1. The topological polar surface area (TPSA) is 53.1 Å². The second-order valence-electron chi connectivity index (χ2n) is 7.74. The Bertz CT molecular complexity index is 428. The normalized spacial score (nSPS) is 20.8. The molecule has 0 saturated carbocycles. The number of amides is 2. The summed E-state index contributed by atoms with van der Waals surface area (Å²) in [6.45, 7) is 12.0. The summed E-state index contributed by atoms with van der Waals surface area (Å²) in [5.74, 6) is 0.902. The predicted octanol–water partition coefficient (Wildman–Crippen LogP) is 1.59. The lowest BCUT2D eigenvalue weighted by Crippen LogP contribution is -2.53. The largest absolute Gasteiger partial charge is 0.369 e. The van der Waals surface area contributed by atoms with Crippen LogP contribution in [0.25, 0.3) is 0 Å². The Kier molecular flexibility index (Phi) is 8.16. The van der Waals surface area contributed by atoms with Crippen molar-refractivity contribution in [1.82, 2.24) is 14.7 Å². The van der Waals surface area contributed by atoms with Gasteiger partial charge in [-0.1, -0.05) is 13.8 Å². The first-order chi connectivity index (χ1) is 12.0. The Balaban J connectivity index is 1.67. The molecule has 2 rings (SSSR count). The molecule has 2 amide bonds. The van der Waals surface area contributed by atoms with Gasteiger partial charge in [0.2, 0.25) is 5.91 Å². The molecule has 0 bridgehead atoms. The number of hydrogen-bond acceptors (Lipinski definition) is 4. The molecule has 2 fully saturated rings. The molecule has 0 aromatic rings. The van der Waals surface area contributed by atoms with Crippen LogP contribution in [0.4, 0.5) is 0 Å². The lowest BCUT2D eigenvalue weighted by atomic mass is 10.1. The molecule has 0 aromatic heterocycles. The molecule has 1 atom stereocenters. The number of nitrogens with zero attached hydrogens (tertiary/aromatic N) is 3. The highest BCUT2D eigenvalue weighted by atomic mass is 16.5. The third kappa shape index (κ3) is 6.59. The number of hydrogen-bond donors (Lipinski definition) is 0. The first-order valence-electron chi connectivity index (χ1n) is 9.88. The van der Waals surface area contributed by atoms with Crippen molar-refractivity contribution in [3.05, 3.63) is 0 Å². The van der Waals surface area contributed by atoms with Gasteiger partial charge in [-0.05, 0) is 38.5 Å². The van der Waals surface area contributed by atoms with E-state index in [4.69, 9.17) is 4.74 Å². The van der Waals surface area contributed by atoms with E-state index in [0.717, 1.165) is 45.4 Å². The smallest absolute Gasteiger partial charge is 0.251 e. The molecule has 0 radical (unpaired) electrons. The van der Waals surface area contributed by atoms with Crippen molar-refractivity contribution in [2.24, 2.45) is 5.92 Å². The molecule has 0 aliphatic carbocycles. The molecule has 6 nitrogen and oxygen atoms in total. The molecule has 2 aliphatic heterocycles. The zero-order valence-electron chi connectivity index (χ0n) is 16.2. The molecule has 2 aliphatic rings. The fourth-order valence-electron chi connectivity index (χ4n) is 3.37. The highest BCUT2D eigenvalue weighted by molar-refractivity contribution is 5.81. The van der Waals surface area contributed by atoms with Crippen LogP contribution in [0.2, 0.25) is 0 Å². The van der Waals surface area contributed by atoms with E-state index in [1.165, 1.54) is 6.42 Å². The number of carbonyl (C=O) groups excluding carboxylic acids is 2. The van der Waals surface area contributed by atoms with Crippen LogP contribution in [0.1, 0.15) is 46.5 Å². The van der Waals surface area contributed by atoms with Crippen molar-refractivity contribution in [1.29, 1.82) is 0 Å². The summed E-state index contributed by atoms with van der Waals surface area (Å²) >= 11 is 0. The molecule has 25 heavy (non-hydrogen) atoms. The average molecular weight is 354 g/mol. The Morgan fingerprint density at radius 1 is 0.880 bits per heavy atom. The molecule has 1 unspecified atom stereocenters. The number of piperidine rings is 1. The van der Waals surface area contributed by atoms with E-state index >= 15 is 0 Å². The summed E-state index contributed by atoms with van der Waals surface area (Å²) in [4.78, 5) is 30.8. The zero-order chi connectivity index (χ0) is 18.2. The van der Waals surface area contributed by atoms with E-state index in [1.807, 2.05) is 16.7 Å². The van der Waals surface area contributed by atoms with Gasteiger partial charge in [0, 0.05) is 45.9 Å². The number of carbonyl (C=O) groups is 2. The van der Waals surface area contributed by atoms with E-state index in [0.29, 0.717) is 32.2 Å². The molecule has 2 heterocycles. The average Bonchev–Trinajstić information content (AvgIpc) is 2.62. The zero-order valence-corrected chi connectivity index (χ0v) is 16.2. The van der Waals surface area contributed by atoms with Gasteiger partial charge in [0.05, 0.1) is 6.54 Å². The van der Waals surface area contributed by atoms with Gasteiger partial charge in [-0.3, -0.25) is 14.5 Å². The van der Waals surface area contributed by atoms with Crippen molar-refractivity contribution < 1.29 is 14.3 Å². The maximum absolute atomic E-state index is 12.5. The van der Waals surface area contributed by atoms with Gasteiger partial charge in [-0.15, -0.1) is 0 Å². The minimum atomic E-state index is -0.375. The Labute approximate surface area is 152 Å². The van der Waals surface area contributed by atoms with Crippen molar-refractivity contribution in [3.8, 4) is 0 Å². The Morgan fingerprint density at radius 3 is 2.12 bits per heavy atom. The second-order valence-corrected chi connectivity index (χ2v) is 7.74. The van der Waals surface area contributed by atoms with Crippen LogP contribution < -0.4 is 0 Å². The van der Waals surface area contributed by atoms with E-state index in [1.54, 1.807) is 0 Å². The van der Waals surface area contributed by atoms with Crippen molar-refractivity contribution >= 4 is 11.8 Å². The number of rotatable bonds is 7. The number of likely N-dealkylation sites (tertiary alicyclic amines) is 1. The van der Waals surface area contributed by atoms with Crippen LogP contribution in [-0.2, 0) is 14.3 Å². The molecular formula is C19H35N3O3. The van der Waals surface area contributed by atoms with Gasteiger partial charge in [0.1, 0.15) is 6.10 Å². The van der Waals surface area contributed by atoms with Crippen LogP contribution >= 0.6 is 0 Å². The highest BCUT2D eigenvalue weighted by Gasteiger charge is 2.27. The van der Waals surface area contributed by atoms with Gasteiger partial charge < -0.3 is 14.5 Å². The van der Waals surface area contributed by atoms with Gasteiger partial charge in [0.25, 0.3) is 5.91 Å². The third-order valence-corrected chi connectivity index (χ3v) is 5.16. The van der Waals surface area contributed by atoms with Crippen LogP contribution in [0, 0.1) is 5.92 Å². The van der Waals surface area contributed by atoms with E-state index < -0.39 is 0 Å². The van der Waals surface area contributed by atoms with Crippen LogP contribution in [0.5, 0.6) is 0 Å². The third-order valence-electron chi connectivity index (χ3n) is 5.16. The summed E-state index contributed by atoms with van der Waals surface area (Å²) in [7, 11) is 0. The maximum Gasteiger partial charge on any atom is 0.251 e. The lowest BCUT2D eigenvalue weighted by molar-refractivity contribution is -0.145. The maximum atomic E-state index is 12.5. The minimum Gasteiger partial charge on any atom is -0.369 e. The van der Waals surface area contributed by atoms with Gasteiger partial charge in [-0.25, -0.2) is 0 Å². The summed E-state index contributed by atoms with van der Waals surface area (Å²) in [5, 5.41) is 0. The predicted molar refractivity (Wildman–Crippen MR) is 98.3 cm³/mol. The second kappa shape index (κ2) is 10.1. The highest BCUT2D eigenvalue weighted by Crippen LogP contribution is 2.11. The first kappa shape index (κ1) is 20.2. The molecule has 6 heteroatoms. The van der Waals surface area contributed by atoms with Gasteiger partial charge in [-0.2, -0.15) is 0 Å². The molecular weight excluding hydrogens is 318 g/mol. The van der Waals surface area contributed by atoms with Gasteiger partial charge >= 0.3 is 0 Å². The van der Waals surface area contributed by atoms with E-state index in [9.17, 15) is 9.59 Å². The van der Waals surface area contributed by atoms with Crippen LogP contribution in [0.15, 0.2) is 0 Å². The Hall–Kier alpha value is -1.14. The molecule has 0 spiro atoms. The fourth-order valence-corrected chi connectivity index (χ4v) is 3.37. The standard InChI is InChI=1S/C19H35N3O3/c1-16(2)7-14-25-17(3)19(24)22-12-10-20(11-13-22)15-18(23)21-8-5-4-6-9-21/h16-17H,4-15H2,1-3H3. The lowest BCUT2D eigenvalue weighted by Gasteiger charge is -2.36. The van der Waals surface area contributed by atoms with E-state index in [2.05, 4.69) is 18.7 Å². The minimum absolute atomic E-state index is 0.0748. The molecule has 0 aromatic carbocycles. The first-order valence-corrected chi connectivity index (χ1v) is 9.88.